The molecule has 0 saturated heterocycles. The zero-order chi connectivity index (χ0) is 12.9. The monoisotopic (exact) mass is 296 g/mol. The average molecular weight is 297 g/mol. The molecule has 0 atom stereocenters. The topological polar surface area (TPSA) is 41.1 Å². The van der Waals surface area contributed by atoms with Gasteiger partial charge in [0.05, 0.1) is 0 Å². The fourth-order valence-corrected chi connectivity index (χ4v) is 1.43. The molecule has 0 aromatic heterocycles. The second-order valence-electron chi connectivity index (χ2n) is 4.73. The zero-order valence-electron chi connectivity index (χ0n) is 10.3. The van der Waals surface area contributed by atoms with Crippen LogP contribution >= 0.6 is 15.9 Å². The third-order valence-corrected chi connectivity index (χ3v) is 2.38. The van der Waals surface area contributed by atoms with Crippen LogP contribution in [0.4, 0.5) is 4.79 Å². The van der Waals surface area contributed by atoms with E-state index in [4.69, 9.17) is 0 Å². The van der Waals surface area contributed by atoms with Crippen LogP contribution in [0.3, 0.4) is 0 Å². The van der Waals surface area contributed by atoms with E-state index >= 15 is 0 Å². The summed E-state index contributed by atoms with van der Waals surface area (Å²) >= 11 is 3.37. The van der Waals surface area contributed by atoms with Gasteiger partial charge in [-0.25, -0.2) is 4.79 Å². The van der Waals surface area contributed by atoms with Crippen molar-refractivity contribution < 1.29 is 4.79 Å². The lowest BCUT2D eigenvalue weighted by Crippen LogP contribution is -2.44. The van der Waals surface area contributed by atoms with E-state index in [1.807, 2.05) is 51.1 Å². The molecule has 0 aliphatic rings. The van der Waals surface area contributed by atoms with Crippen molar-refractivity contribution in [1.29, 1.82) is 0 Å². The van der Waals surface area contributed by atoms with Crippen LogP contribution < -0.4 is 10.6 Å². The summed E-state index contributed by atoms with van der Waals surface area (Å²) in [4.78, 5) is 11.4. The van der Waals surface area contributed by atoms with Gasteiger partial charge in [0.15, 0.2) is 0 Å². The molecule has 2 amide bonds. The van der Waals surface area contributed by atoms with Crippen LogP contribution in [-0.2, 0) is 0 Å². The molecule has 0 aliphatic carbocycles. The maximum atomic E-state index is 11.4. The van der Waals surface area contributed by atoms with Gasteiger partial charge in [-0.05, 0) is 44.5 Å². The molecule has 4 heteroatoms. The fourth-order valence-electron chi connectivity index (χ4n) is 1.16. The lowest BCUT2D eigenvalue weighted by Gasteiger charge is -2.19. The van der Waals surface area contributed by atoms with Gasteiger partial charge in [0, 0.05) is 16.2 Å². The minimum Gasteiger partial charge on any atom is -0.333 e. The lowest BCUT2D eigenvalue weighted by atomic mass is 10.1. The predicted octanol–water partition coefficient (Wildman–Crippen LogP) is 3.52. The van der Waals surface area contributed by atoms with Gasteiger partial charge in [-0.15, -0.1) is 0 Å². The molecule has 0 unspecified atom stereocenters. The number of carbonyl (C=O) groups excluding carboxylic acids is 1. The van der Waals surface area contributed by atoms with E-state index in [0.717, 1.165) is 10.0 Å². The molecular weight excluding hydrogens is 280 g/mol. The molecule has 2 N–H and O–H groups in total. The zero-order valence-corrected chi connectivity index (χ0v) is 11.8. The van der Waals surface area contributed by atoms with Crippen LogP contribution in [0.25, 0.3) is 6.08 Å². The van der Waals surface area contributed by atoms with Gasteiger partial charge in [-0.1, -0.05) is 28.1 Å². The number of rotatable bonds is 2. The third-order valence-electron chi connectivity index (χ3n) is 1.85. The number of hydrogen-bond donors (Lipinski definition) is 2. The highest BCUT2D eigenvalue weighted by Crippen LogP contribution is 2.11. The Morgan fingerprint density at radius 1 is 1.24 bits per heavy atom. The van der Waals surface area contributed by atoms with Crippen LogP contribution in [0.1, 0.15) is 26.3 Å². The molecule has 0 aliphatic heterocycles. The summed E-state index contributed by atoms with van der Waals surface area (Å²) in [6.45, 7) is 5.81. The number of amides is 2. The average Bonchev–Trinajstić information content (AvgIpc) is 2.18. The lowest BCUT2D eigenvalue weighted by molar-refractivity contribution is 0.235. The summed E-state index contributed by atoms with van der Waals surface area (Å²) in [7, 11) is 0. The first kappa shape index (κ1) is 13.8. The summed E-state index contributed by atoms with van der Waals surface area (Å²) in [5, 5.41) is 5.47. The Morgan fingerprint density at radius 3 is 2.35 bits per heavy atom. The number of nitrogens with one attached hydrogen (secondary N) is 2. The Hall–Kier alpha value is -1.29. The molecule has 1 rings (SSSR count). The number of urea groups is 1. The molecule has 0 radical (unpaired) electrons. The number of benzene rings is 1. The second kappa shape index (κ2) is 5.87. The first-order chi connectivity index (χ1) is 7.87. The number of carbonyl (C=O) groups is 1. The first-order valence-corrected chi connectivity index (χ1v) is 6.17. The Kier molecular flexibility index (Phi) is 4.75. The van der Waals surface area contributed by atoms with Gasteiger partial charge in [0.25, 0.3) is 0 Å². The van der Waals surface area contributed by atoms with Crippen LogP contribution in [0.5, 0.6) is 0 Å². The van der Waals surface area contributed by atoms with Gasteiger partial charge < -0.3 is 10.6 Å². The van der Waals surface area contributed by atoms with Crippen LogP contribution in [-0.4, -0.2) is 11.6 Å². The Balaban J connectivity index is 2.45. The van der Waals surface area contributed by atoms with Crippen molar-refractivity contribution in [3.05, 3.63) is 40.5 Å². The predicted molar refractivity (Wildman–Crippen MR) is 74.6 cm³/mol. The summed E-state index contributed by atoms with van der Waals surface area (Å²) in [6, 6.07) is 7.63. The van der Waals surface area contributed by atoms with Crippen molar-refractivity contribution in [2.75, 3.05) is 0 Å². The minimum atomic E-state index is -0.227. The largest absolute Gasteiger partial charge is 0.333 e. The van der Waals surface area contributed by atoms with Crippen molar-refractivity contribution in [3.63, 3.8) is 0 Å². The van der Waals surface area contributed by atoms with Gasteiger partial charge >= 0.3 is 6.03 Å². The van der Waals surface area contributed by atoms with Gasteiger partial charge in [0.2, 0.25) is 0 Å². The van der Waals surface area contributed by atoms with Crippen molar-refractivity contribution >= 4 is 28.0 Å². The quantitative estimate of drug-likeness (QED) is 0.861. The Bertz CT molecular complexity index is 404. The van der Waals surface area contributed by atoms with E-state index < -0.39 is 0 Å². The summed E-state index contributed by atoms with van der Waals surface area (Å²) < 4.78 is 1.04. The van der Waals surface area contributed by atoms with Crippen molar-refractivity contribution in [2.45, 2.75) is 26.3 Å². The molecule has 1 aromatic carbocycles. The maximum Gasteiger partial charge on any atom is 0.319 e. The molecule has 17 heavy (non-hydrogen) atoms. The van der Waals surface area contributed by atoms with Gasteiger partial charge in [0.1, 0.15) is 0 Å². The molecule has 0 heterocycles. The highest BCUT2D eigenvalue weighted by molar-refractivity contribution is 9.10. The SMILES string of the molecule is CC(C)(C)NC(=O)N/C=C/c1ccc(Br)cc1. The third kappa shape index (κ3) is 6.12. The molecule has 0 fully saturated rings. The van der Waals surface area contributed by atoms with E-state index in [1.165, 1.54) is 0 Å². The standard InChI is InChI=1S/C13H17BrN2O/c1-13(2,3)16-12(17)15-9-8-10-4-6-11(14)7-5-10/h4-9H,1-3H3,(H2,15,16,17)/b9-8+. The highest BCUT2D eigenvalue weighted by Gasteiger charge is 2.11. The van der Waals surface area contributed by atoms with Crippen LogP contribution in [0.2, 0.25) is 0 Å². The summed E-state index contributed by atoms with van der Waals surface area (Å²) in [5.74, 6) is 0. The van der Waals surface area contributed by atoms with Crippen molar-refractivity contribution in [1.82, 2.24) is 10.6 Å². The minimum absolute atomic E-state index is 0.203. The molecule has 1 aromatic rings. The molecule has 0 saturated carbocycles. The Labute approximate surface area is 110 Å². The maximum absolute atomic E-state index is 11.4. The summed E-state index contributed by atoms with van der Waals surface area (Å²) in [5.41, 5.74) is 0.805. The highest BCUT2D eigenvalue weighted by atomic mass is 79.9. The van der Waals surface area contributed by atoms with Crippen molar-refractivity contribution in [2.24, 2.45) is 0 Å². The number of hydrogen-bond acceptors (Lipinski definition) is 1. The van der Waals surface area contributed by atoms with Gasteiger partial charge in [-0.3, -0.25) is 0 Å². The van der Waals surface area contributed by atoms with E-state index in [-0.39, 0.29) is 11.6 Å². The van der Waals surface area contributed by atoms with E-state index in [0.29, 0.717) is 0 Å². The molecule has 92 valence electrons. The fraction of sp³-hybridized carbons (Fsp3) is 0.308. The van der Waals surface area contributed by atoms with E-state index in [2.05, 4.69) is 26.6 Å². The van der Waals surface area contributed by atoms with Crippen LogP contribution in [0.15, 0.2) is 34.9 Å². The second-order valence-corrected chi connectivity index (χ2v) is 5.65. The number of halogens is 1. The Morgan fingerprint density at radius 2 is 1.82 bits per heavy atom. The smallest absolute Gasteiger partial charge is 0.319 e. The van der Waals surface area contributed by atoms with E-state index in [1.54, 1.807) is 6.20 Å². The van der Waals surface area contributed by atoms with Crippen LogP contribution in [0, 0.1) is 0 Å². The normalized spacial score (nSPS) is 11.5. The molecule has 3 nitrogen and oxygen atoms in total. The van der Waals surface area contributed by atoms with Crippen molar-refractivity contribution in [3.8, 4) is 0 Å². The first-order valence-electron chi connectivity index (χ1n) is 5.38. The summed E-state index contributed by atoms with van der Waals surface area (Å²) in [6.07, 6.45) is 3.47. The van der Waals surface area contributed by atoms with E-state index in [9.17, 15) is 4.79 Å². The van der Waals surface area contributed by atoms with Gasteiger partial charge in [-0.2, -0.15) is 0 Å². The molecule has 0 spiro atoms. The molecule has 0 bridgehead atoms. The molecular formula is C13H17BrN2O.